The Bertz CT molecular complexity index is 309. The van der Waals surface area contributed by atoms with Crippen molar-refractivity contribution >= 4 is 17.3 Å². The fourth-order valence-electron chi connectivity index (χ4n) is 0.833. The lowest BCUT2D eigenvalue weighted by Gasteiger charge is -2.00. The van der Waals surface area contributed by atoms with Gasteiger partial charge in [-0.3, -0.25) is 4.79 Å². The number of rotatable bonds is 3. The van der Waals surface area contributed by atoms with Crippen LogP contribution in [0.15, 0.2) is 6.20 Å². The normalized spacial score (nSPS) is 13.2. The van der Waals surface area contributed by atoms with Gasteiger partial charge < -0.3 is 10.8 Å². The minimum absolute atomic E-state index is 0.319. The van der Waals surface area contributed by atoms with Crippen LogP contribution in [-0.4, -0.2) is 16.1 Å². The molecule has 1 atom stereocenters. The van der Waals surface area contributed by atoms with Gasteiger partial charge in [0.15, 0.2) is 0 Å². The minimum atomic E-state index is -1.01. The van der Waals surface area contributed by atoms with Crippen LogP contribution < -0.4 is 5.73 Å². The van der Waals surface area contributed by atoms with Crippen LogP contribution >= 0.6 is 11.3 Å². The van der Waals surface area contributed by atoms with Crippen molar-refractivity contribution in [2.45, 2.75) is 25.8 Å². The summed E-state index contributed by atoms with van der Waals surface area (Å²) in [6.07, 6.45) is 1.54. The van der Waals surface area contributed by atoms with Gasteiger partial charge in [-0.1, -0.05) is 13.8 Å². The molecule has 13 heavy (non-hydrogen) atoms. The maximum absolute atomic E-state index is 10.5. The van der Waals surface area contributed by atoms with Gasteiger partial charge in [0.05, 0.1) is 9.88 Å². The number of thiazole rings is 1. The van der Waals surface area contributed by atoms with Crippen molar-refractivity contribution in [1.82, 2.24) is 4.98 Å². The molecule has 1 rings (SSSR count). The Labute approximate surface area is 80.4 Å². The van der Waals surface area contributed by atoms with Gasteiger partial charge in [-0.05, 0) is 0 Å². The number of hydrogen-bond acceptors (Lipinski definition) is 4. The molecule has 0 spiro atoms. The van der Waals surface area contributed by atoms with Gasteiger partial charge in [0.1, 0.15) is 6.04 Å². The van der Waals surface area contributed by atoms with Crippen molar-refractivity contribution in [3.05, 3.63) is 16.1 Å². The summed E-state index contributed by atoms with van der Waals surface area (Å²) in [5.41, 5.74) is 5.42. The van der Waals surface area contributed by atoms with Crippen molar-refractivity contribution < 1.29 is 9.90 Å². The number of carboxylic acids is 1. The lowest BCUT2D eigenvalue weighted by atomic mass is 10.2. The van der Waals surface area contributed by atoms with Gasteiger partial charge in [0.25, 0.3) is 0 Å². The molecule has 1 aromatic rings. The standard InChI is InChI=1S/C8H12N2O2S/c1-4(2)7-10-3-5(13-7)6(9)8(11)12/h3-4,6H,9H2,1-2H3,(H,11,12). The van der Waals surface area contributed by atoms with Crippen LogP contribution in [0, 0.1) is 0 Å². The van der Waals surface area contributed by atoms with Gasteiger partial charge in [-0.15, -0.1) is 11.3 Å². The molecule has 0 amide bonds. The number of nitrogens with zero attached hydrogens (tertiary/aromatic N) is 1. The highest BCUT2D eigenvalue weighted by Crippen LogP contribution is 2.24. The van der Waals surface area contributed by atoms with E-state index in [0.29, 0.717) is 10.8 Å². The van der Waals surface area contributed by atoms with Crippen molar-refractivity contribution in [3.63, 3.8) is 0 Å². The van der Waals surface area contributed by atoms with E-state index in [1.807, 2.05) is 13.8 Å². The molecule has 1 aromatic heterocycles. The summed E-state index contributed by atoms with van der Waals surface area (Å²) in [7, 11) is 0. The lowest BCUT2D eigenvalue weighted by molar-refractivity contribution is -0.138. The Hall–Kier alpha value is -0.940. The summed E-state index contributed by atoms with van der Waals surface area (Å²) in [6, 6.07) is -0.940. The number of carbonyl (C=O) groups is 1. The van der Waals surface area contributed by atoms with Gasteiger partial charge in [0.2, 0.25) is 0 Å². The predicted molar refractivity (Wildman–Crippen MR) is 50.8 cm³/mol. The smallest absolute Gasteiger partial charge is 0.326 e. The van der Waals surface area contributed by atoms with Crippen molar-refractivity contribution in [3.8, 4) is 0 Å². The van der Waals surface area contributed by atoms with Crippen LogP contribution in [0.2, 0.25) is 0 Å². The molecule has 4 nitrogen and oxygen atoms in total. The van der Waals surface area contributed by atoms with E-state index in [0.717, 1.165) is 5.01 Å². The average molecular weight is 200 g/mol. The molecule has 72 valence electrons. The molecule has 0 aliphatic heterocycles. The quantitative estimate of drug-likeness (QED) is 0.772. The zero-order chi connectivity index (χ0) is 10.0. The van der Waals surface area contributed by atoms with Crippen molar-refractivity contribution in [2.75, 3.05) is 0 Å². The Morgan fingerprint density at radius 3 is 2.69 bits per heavy atom. The third-order valence-corrected chi connectivity index (χ3v) is 2.99. The zero-order valence-corrected chi connectivity index (χ0v) is 8.34. The third-order valence-electron chi connectivity index (χ3n) is 1.61. The average Bonchev–Trinajstić information content (AvgIpc) is 2.50. The highest BCUT2D eigenvalue weighted by Gasteiger charge is 2.17. The van der Waals surface area contributed by atoms with Crippen LogP contribution in [-0.2, 0) is 4.79 Å². The first-order chi connectivity index (χ1) is 6.02. The second-order valence-corrected chi connectivity index (χ2v) is 4.17. The number of aromatic nitrogens is 1. The molecular formula is C8H12N2O2S. The van der Waals surface area contributed by atoms with E-state index in [1.165, 1.54) is 11.3 Å². The maximum Gasteiger partial charge on any atom is 0.326 e. The van der Waals surface area contributed by atoms with E-state index < -0.39 is 12.0 Å². The summed E-state index contributed by atoms with van der Waals surface area (Å²) in [5.74, 6) is -0.696. The lowest BCUT2D eigenvalue weighted by Crippen LogP contribution is -2.19. The molecule has 0 aliphatic carbocycles. The fourth-order valence-corrected chi connectivity index (χ4v) is 1.75. The minimum Gasteiger partial charge on any atom is -0.480 e. The van der Waals surface area contributed by atoms with E-state index in [1.54, 1.807) is 6.20 Å². The first-order valence-electron chi connectivity index (χ1n) is 3.96. The Morgan fingerprint density at radius 1 is 1.69 bits per heavy atom. The summed E-state index contributed by atoms with van der Waals surface area (Å²) in [4.78, 5) is 15.2. The molecule has 0 bridgehead atoms. The summed E-state index contributed by atoms with van der Waals surface area (Å²) >= 11 is 1.36. The molecule has 0 saturated heterocycles. The van der Waals surface area contributed by atoms with Gasteiger partial charge in [-0.25, -0.2) is 4.98 Å². The molecule has 1 heterocycles. The van der Waals surface area contributed by atoms with Gasteiger partial charge in [0, 0.05) is 12.1 Å². The number of aliphatic carboxylic acids is 1. The van der Waals surface area contributed by atoms with E-state index in [2.05, 4.69) is 4.98 Å². The Kier molecular flexibility index (Phi) is 3.00. The zero-order valence-electron chi connectivity index (χ0n) is 7.52. The van der Waals surface area contributed by atoms with E-state index in [4.69, 9.17) is 10.8 Å². The molecule has 5 heteroatoms. The second-order valence-electron chi connectivity index (χ2n) is 3.07. The summed E-state index contributed by atoms with van der Waals surface area (Å²) in [5, 5.41) is 9.56. The van der Waals surface area contributed by atoms with Crippen molar-refractivity contribution in [1.29, 1.82) is 0 Å². The first kappa shape index (κ1) is 10.1. The number of carboxylic acid groups (broad SMARTS) is 1. The Balaban J connectivity index is 2.85. The fraction of sp³-hybridized carbons (Fsp3) is 0.500. The number of nitrogens with two attached hydrogens (primary N) is 1. The van der Waals surface area contributed by atoms with Crippen LogP contribution in [0.5, 0.6) is 0 Å². The molecule has 0 radical (unpaired) electrons. The highest BCUT2D eigenvalue weighted by molar-refractivity contribution is 7.11. The monoisotopic (exact) mass is 200 g/mol. The first-order valence-corrected chi connectivity index (χ1v) is 4.78. The van der Waals surface area contributed by atoms with E-state index in [-0.39, 0.29) is 0 Å². The van der Waals surface area contributed by atoms with Crippen LogP contribution in [0.3, 0.4) is 0 Å². The second kappa shape index (κ2) is 3.85. The largest absolute Gasteiger partial charge is 0.480 e. The van der Waals surface area contributed by atoms with Crippen molar-refractivity contribution in [2.24, 2.45) is 5.73 Å². The molecular weight excluding hydrogens is 188 g/mol. The van der Waals surface area contributed by atoms with E-state index in [9.17, 15) is 4.79 Å². The third kappa shape index (κ3) is 2.26. The van der Waals surface area contributed by atoms with Gasteiger partial charge in [-0.2, -0.15) is 0 Å². The van der Waals surface area contributed by atoms with Gasteiger partial charge >= 0.3 is 5.97 Å². The molecule has 0 saturated carbocycles. The van der Waals surface area contributed by atoms with E-state index >= 15 is 0 Å². The van der Waals surface area contributed by atoms with Crippen LogP contribution in [0.4, 0.5) is 0 Å². The van der Waals surface area contributed by atoms with Crippen LogP contribution in [0.1, 0.15) is 35.7 Å². The molecule has 1 unspecified atom stereocenters. The molecule has 0 aromatic carbocycles. The highest BCUT2D eigenvalue weighted by atomic mass is 32.1. The maximum atomic E-state index is 10.5. The van der Waals surface area contributed by atoms with Crippen LogP contribution in [0.25, 0.3) is 0 Å². The number of hydrogen-bond donors (Lipinski definition) is 2. The molecule has 0 fully saturated rings. The predicted octanol–water partition coefficient (Wildman–Crippen LogP) is 1.35. The molecule has 3 N–H and O–H groups in total. The summed E-state index contributed by atoms with van der Waals surface area (Å²) < 4.78 is 0. The topological polar surface area (TPSA) is 76.2 Å². The summed E-state index contributed by atoms with van der Waals surface area (Å²) in [6.45, 7) is 4.02. The molecule has 0 aliphatic rings. The Morgan fingerprint density at radius 2 is 2.31 bits per heavy atom. The SMILES string of the molecule is CC(C)c1ncc(C(N)C(=O)O)s1.